The highest BCUT2D eigenvalue weighted by molar-refractivity contribution is 5.80. The van der Waals surface area contributed by atoms with E-state index in [-0.39, 0.29) is 5.82 Å². The van der Waals surface area contributed by atoms with Gasteiger partial charge in [-0.05, 0) is 80.9 Å². The van der Waals surface area contributed by atoms with Crippen LogP contribution in [0.3, 0.4) is 0 Å². The number of hydrogen-bond acceptors (Lipinski definition) is 3. The SMILES string of the molecule is CC1CCc2cc(F)cc3nc(CN4CCC(c5ccc(C#N)cc5)CC4)n1c23. The first-order valence-electron chi connectivity index (χ1n) is 10.5. The van der Waals surface area contributed by atoms with Gasteiger partial charge in [-0.15, -0.1) is 0 Å². The molecule has 0 bridgehead atoms. The van der Waals surface area contributed by atoms with Crippen LogP contribution in [0.4, 0.5) is 4.39 Å². The maximum absolute atomic E-state index is 14.0. The van der Waals surface area contributed by atoms with Crippen LogP contribution in [0.5, 0.6) is 0 Å². The zero-order chi connectivity index (χ0) is 20.0. The summed E-state index contributed by atoms with van der Waals surface area (Å²) < 4.78 is 16.3. The van der Waals surface area contributed by atoms with E-state index in [0.29, 0.717) is 12.0 Å². The number of benzene rings is 2. The predicted octanol–water partition coefficient (Wildman–Crippen LogP) is 4.93. The molecule has 0 radical (unpaired) electrons. The minimum Gasteiger partial charge on any atom is -0.324 e. The number of aromatic nitrogens is 2. The van der Waals surface area contributed by atoms with Crippen molar-refractivity contribution in [2.75, 3.05) is 13.1 Å². The third kappa shape index (κ3) is 3.32. The van der Waals surface area contributed by atoms with Crippen molar-refractivity contribution in [1.29, 1.82) is 5.26 Å². The Labute approximate surface area is 170 Å². The Morgan fingerprint density at radius 1 is 1.14 bits per heavy atom. The maximum atomic E-state index is 14.0. The second kappa shape index (κ2) is 7.27. The van der Waals surface area contributed by atoms with Crippen LogP contribution in [0, 0.1) is 17.1 Å². The van der Waals surface area contributed by atoms with Gasteiger partial charge >= 0.3 is 0 Å². The summed E-state index contributed by atoms with van der Waals surface area (Å²) in [5, 5.41) is 8.98. The van der Waals surface area contributed by atoms with Gasteiger partial charge in [0.1, 0.15) is 11.6 Å². The second-order valence-electron chi connectivity index (χ2n) is 8.50. The summed E-state index contributed by atoms with van der Waals surface area (Å²) in [4.78, 5) is 7.31. The van der Waals surface area contributed by atoms with E-state index in [1.54, 1.807) is 12.1 Å². The molecule has 148 valence electrons. The molecule has 5 heteroatoms. The molecule has 0 N–H and O–H groups in total. The lowest BCUT2D eigenvalue weighted by atomic mass is 9.89. The highest BCUT2D eigenvalue weighted by atomic mass is 19.1. The minimum absolute atomic E-state index is 0.179. The summed E-state index contributed by atoms with van der Waals surface area (Å²) in [5.74, 6) is 1.44. The fourth-order valence-electron chi connectivity index (χ4n) is 5.05. The molecule has 0 amide bonds. The van der Waals surface area contributed by atoms with Gasteiger partial charge in [-0.3, -0.25) is 4.90 Å². The molecule has 2 aromatic carbocycles. The maximum Gasteiger partial charge on any atom is 0.125 e. The largest absolute Gasteiger partial charge is 0.324 e. The number of likely N-dealkylation sites (tertiary alicyclic amines) is 1. The van der Waals surface area contributed by atoms with Gasteiger partial charge in [0.05, 0.1) is 29.2 Å². The number of halogens is 1. The molecule has 29 heavy (non-hydrogen) atoms. The second-order valence-corrected chi connectivity index (χ2v) is 8.50. The summed E-state index contributed by atoms with van der Waals surface area (Å²) in [7, 11) is 0. The first-order chi connectivity index (χ1) is 14.1. The Balaban J connectivity index is 1.33. The predicted molar refractivity (Wildman–Crippen MR) is 111 cm³/mol. The molecule has 2 aliphatic rings. The summed E-state index contributed by atoms with van der Waals surface area (Å²) >= 11 is 0. The van der Waals surface area contributed by atoms with Crippen LogP contribution >= 0.6 is 0 Å². The molecular weight excluding hydrogens is 363 g/mol. The lowest BCUT2D eigenvalue weighted by molar-refractivity contribution is 0.196. The molecule has 0 saturated carbocycles. The van der Waals surface area contributed by atoms with E-state index in [0.717, 1.165) is 73.3 Å². The van der Waals surface area contributed by atoms with Gasteiger partial charge in [0.15, 0.2) is 0 Å². The average Bonchev–Trinajstić information content (AvgIpc) is 3.10. The molecule has 4 nitrogen and oxygen atoms in total. The molecule has 0 aliphatic carbocycles. The Bertz CT molecular complexity index is 1080. The first-order valence-corrected chi connectivity index (χ1v) is 10.5. The van der Waals surface area contributed by atoms with Crippen molar-refractivity contribution in [3.8, 4) is 6.07 Å². The number of aryl methyl sites for hydroxylation is 1. The molecule has 1 saturated heterocycles. The topological polar surface area (TPSA) is 44.9 Å². The third-order valence-electron chi connectivity index (χ3n) is 6.64. The third-order valence-corrected chi connectivity index (χ3v) is 6.64. The normalized spacial score (nSPS) is 20.1. The van der Waals surface area contributed by atoms with Crippen molar-refractivity contribution < 1.29 is 4.39 Å². The van der Waals surface area contributed by atoms with E-state index in [1.165, 1.54) is 5.56 Å². The number of piperidine rings is 1. The summed E-state index contributed by atoms with van der Waals surface area (Å²) in [6.45, 7) is 5.13. The fraction of sp³-hybridized carbons (Fsp3) is 0.417. The van der Waals surface area contributed by atoms with Crippen LogP contribution in [-0.4, -0.2) is 27.5 Å². The fourth-order valence-corrected chi connectivity index (χ4v) is 5.05. The monoisotopic (exact) mass is 388 g/mol. The summed E-state index contributed by atoms with van der Waals surface area (Å²) in [6, 6.07) is 13.9. The first kappa shape index (κ1) is 18.3. The summed E-state index contributed by atoms with van der Waals surface area (Å²) in [6.07, 6.45) is 4.19. The molecule has 0 spiro atoms. The van der Waals surface area contributed by atoms with Gasteiger partial charge in [-0.25, -0.2) is 9.37 Å². The lowest BCUT2D eigenvalue weighted by Crippen LogP contribution is -2.33. The van der Waals surface area contributed by atoms with Gasteiger partial charge in [0, 0.05) is 12.1 Å². The smallest absolute Gasteiger partial charge is 0.125 e. The molecule has 3 heterocycles. The molecule has 5 rings (SSSR count). The van der Waals surface area contributed by atoms with Gasteiger partial charge < -0.3 is 4.57 Å². The van der Waals surface area contributed by atoms with Gasteiger partial charge in [-0.2, -0.15) is 5.26 Å². The van der Waals surface area contributed by atoms with Crippen molar-refractivity contribution in [3.05, 3.63) is 64.7 Å². The van der Waals surface area contributed by atoms with Crippen LogP contribution in [0.25, 0.3) is 11.0 Å². The quantitative estimate of drug-likeness (QED) is 0.639. The Hall–Kier alpha value is -2.71. The van der Waals surface area contributed by atoms with E-state index in [4.69, 9.17) is 10.2 Å². The van der Waals surface area contributed by atoms with Crippen molar-refractivity contribution in [3.63, 3.8) is 0 Å². The molecule has 1 atom stereocenters. The van der Waals surface area contributed by atoms with Crippen LogP contribution in [0.2, 0.25) is 0 Å². The van der Waals surface area contributed by atoms with Crippen molar-refractivity contribution >= 4 is 11.0 Å². The zero-order valence-electron chi connectivity index (χ0n) is 16.7. The van der Waals surface area contributed by atoms with Gasteiger partial charge in [0.25, 0.3) is 0 Å². The molecule has 1 unspecified atom stereocenters. The molecule has 2 aliphatic heterocycles. The van der Waals surface area contributed by atoms with Crippen molar-refractivity contribution in [2.45, 2.75) is 51.1 Å². The van der Waals surface area contributed by atoms with Crippen molar-refractivity contribution in [1.82, 2.24) is 14.5 Å². The number of nitriles is 1. The van der Waals surface area contributed by atoms with Crippen LogP contribution < -0.4 is 0 Å². The van der Waals surface area contributed by atoms with E-state index < -0.39 is 0 Å². The Kier molecular flexibility index (Phi) is 4.60. The number of hydrogen-bond donors (Lipinski definition) is 0. The van der Waals surface area contributed by atoms with Crippen LogP contribution in [0.15, 0.2) is 36.4 Å². The number of nitrogens with zero attached hydrogens (tertiary/aromatic N) is 4. The highest BCUT2D eigenvalue weighted by Gasteiger charge is 2.26. The molecule has 3 aromatic rings. The molecule has 1 aromatic heterocycles. The zero-order valence-corrected chi connectivity index (χ0v) is 16.7. The summed E-state index contributed by atoms with van der Waals surface area (Å²) in [5.41, 5.74) is 5.08. The Morgan fingerprint density at radius 2 is 1.90 bits per heavy atom. The van der Waals surface area contributed by atoms with E-state index >= 15 is 0 Å². The van der Waals surface area contributed by atoms with Gasteiger partial charge in [-0.1, -0.05) is 12.1 Å². The van der Waals surface area contributed by atoms with Crippen molar-refractivity contribution in [2.24, 2.45) is 0 Å². The Morgan fingerprint density at radius 3 is 2.62 bits per heavy atom. The van der Waals surface area contributed by atoms with Crippen LogP contribution in [-0.2, 0) is 13.0 Å². The average molecular weight is 388 g/mol. The number of imidazole rings is 1. The minimum atomic E-state index is -0.179. The number of rotatable bonds is 3. The van der Waals surface area contributed by atoms with E-state index in [1.807, 2.05) is 12.1 Å². The van der Waals surface area contributed by atoms with E-state index in [9.17, 15) is 4.39 Å². The molecular formula is C24H25FN4. The highest BCUT2D eigenvalue weighted by Crippen LogP contribution is 2.34. The molecule has 1 fully saturated rings. The van der Waals surface area contributed by atoms with E-state index in [2.05, 4.69) is 34.6 Å². The van der Waals surface area contributed by atoms with Gasteiger partial charge in [0.2, 0.25) is 0 Å². The lowest BCUT2D eigenvalue weighted by Gasteiger charge is -2.33. The standard InChI is InChI=1S/C24H25FN4/c1-16-2-5-20-12-21(25)13-22-24(20)29(16)23(27-22)15-28-10-8-19(9-11-28)18-6-3-17(14-26)4-7-18/h3-4,6-7,12-13,16,19H,2,5,8-11,15H2,1H3. The van der Waals surface area contributed by atoms with Crippen LogP contribution in [0.1, 0.15) is 60.7 Å².